The van der Waals surface area contributed by atoms with Gasteiger partial charge in [0.05, 0.1) is 4.90 Å². The third-order valence-corrected chi connectivity index (χ3v) is 4.40. The monoisotopic (exact) mass is 298 g/mol. The summed E-state index contributed by atoms with van der Waals surface area (Å²) >= 11 is 0. The Kier molecular flexibility index (Phi) is 6.67. The number of carbonyl (C=O) groups is 1. The van der Waals surface area contributed by atoms with Crippen molar-refractivity contribution >= 4 is 15.9 Å². The molecule has 6 heteroatoms. The van der Waals surface area contributed by atoms with Crippen molar-refractivity contribution in [1.82, 2.24) is 10.0 Å². The van der Waals surface area contributed by atoms with Gasteiger partial charge in [0, 0.05) is 12.1 Å². The number of carbonyl (C=O) groups excluding carboxylic acids is 1. The largest absolute Gasteiger partial charge is 0.352 e. The third-order valence-electron chi connectivity index (χ3n) is 2.99. The average molecular weight is 298 g/mol. The van der Waals surface area contributed by atoms with Crippen LogP contribution in [0.1, 0.15) is 43.0 Å². The van der Waals surface area contributed by atoms with Gasteiger partial charge in [0.2, 0.25) is 10.0 Å². The van der Waals surface area contributed by atoms with Gasteiger partial charge in [0.1, 0.15) is 0 Å². The van der Waals surface area contributed by atoms with Crippen molar-refractivity contribution in [2.75, 3.05) is 13.6 Å². The highest BCUT2D eigenvalue weighted by Gasteiger charge is 2.13. The minimum atomic E-state index is -3.52. The van der Waals surface area contributed by atoms with Crippen molar-refractivity contribution in [3.8, 4) is 0 Å². The molecule has 0 fully saturated rings. The number of hydrogen-bond acceptors (Lipinski definition) is 3. The Hall–Kier alpha value is -1.40. The number of hydrogen-bond donors (Lipinski definition) is 2. The second-order valence-corrected chi connectivity index (χ2v) is 6.44. The molecule has 1 rings (SSSR count). The topological polar surface area (TPSA) is 75.3 Å². The number of nitrogens with one attached hydrogen (secondary N) is 2. The molecule has 0 unspecified atom stereocenters. The van der Waals surface area contributed by atoms with E-state index in [1.54, 1.807) is 12.1 Å². The second kappa shape index (κ2) is 8.01. The molecule has 1 aromatic carbocycles. The van der Waals surface area contributed by atoms with E-state index in [1.165, 1.54) is 19.2 Å². The van der Waals surface area contributed by atoms with Crippen LogP contribution in [0.4, 0.5) is 0 Å². The van der Waals surface area contributed by atoms with Crippen molar-refractivity contribution in [2.24, 2.45) is 0 Å². The van der Waals surface area contributed by atoms with E-state index in [-0.39, 0.29) is 10.8 Å². The zero-order chi connectivity index (χ0) is 15.0. The van der Waals surface area contributed by atoms with Crippen molar-refractivity contribution in [3.63, 3.8) is 0 Å². The molecule has 1 aromatic rings. The lowest BCUT2D eigenvalue weighted by atomic mass is 10.2. The molecular weight excluding hydrogens is 276 g/mol. The molecule has 0 spiro atoms. The van der Waals surface area contributed by atoms with E-state index in [0.717, 1.165) is 25.7 Å². The summed E-state index contributed by atoms with van der Waals surface area (Å²) < 4.78 is 25.6. The Morgan fingerprint density at radius 1 is 1.20 bits per heavy atom. The molecule has 2 N–H and O–H groups in total. The van der Waals surface area contributed by atoms with Gasteiger partial charge >= 0.3 is 0 Å². The second-order valence-electron chi connectivity index (χ2n) is 4.55. The zero-order valence-electron chi connectivity index (χ0n) is 12.0. The molecule has 0 aliphatic heterocycles. The fourth-order valence-electron chi connectivity index (χ4n) is 1.78. The van der Waals surface area contributed by atoms with Gasteiger partial charge in [-0.05, 0) is 31.7 Å². The van der Waals surface area contributed by atoms with Gasteiger partial charge in [0.15, 0.2) is 0 Å². The molecule has 0 saturated heterocycles. The first-order valence-electron chi connectivity index (χ1n) is 6.83. The van der Waals surface area contributed by atoms with Gasteiger partial charge in [-0.25, -0.2) is 13.1 Å². The normalized spacial score (nSPS) is 11.3. The van der Waals surface area contributed by atoms with Crippen LogP contribution in [0, 0.1) is 0 Å². The number of rotatable bonds is 8. The Bertz CT molecular complexity index is 541. The van der Waals surface area contributed by atoms with Crippen LogP contribution in [0.15, 0.2) is 29.2 Å². The van der Waals surface area contributed by atoms with Crippen LogP contribution in [-0.2, 0) is 10.0 Å². The molecule has 0 bridgehead atoms. The quantitative estimate of drug-likeness (QED) is 0.720. The summed E-state index contributed by atoms with van der Waals surface area (Å²) in [5, 5.41) is 2.80. The van der Waals surface area contributed by atoms with Crippen LogP contribution in [-0.4, -0.2) is 27.9 Å². The first-order valence-corrected chi connectivity index (χ1v) is 8.31. The highest BCUT2D eigenvalue weighted by atomic mass is 32.2. The number of amides is 1. The molecule has 1 amide bonds. The van der Waals surface area contributed by atoms with Crippen LogP contribution in [0.25, 0.3) is 0 Å². The summed E-state index contributed by atoms with van der Waals surface area (Å²) in [7, 11) is -2.17. The Labute approximate surface area is 120 Å². The molecular formula is C14H22N2O3S. The lowest BCUT2D eigenvalue weighted by molar-refractivity contribution is 0.0952. The molecule has 0 heterocycles. The molecule has 0 aliphatic rings. The standard InChI is InChI=1S/C14H22N2O3S/c1-3-4-5-6-10-16-14(17)12-8-7-9-13(11-12)20(18,19)15-2/h7-9,11,15H,3-6,10H2,1-2H3,(H,16,17). The Morgan fingerprint density at radius 2 is 1.95 bits per heavy atom. The van der Waals surface area contributed by atoms with Crippen LogP contribution >= 0.6 is 0 Å². The molecule has 0 aliphatic carbocycles. The Morgan fingerprint density at radius 3 is 2.60 bits per heavy atom. The molecule has 0 radical (unpaired) electrons. The lowest BCUT2D eigenvalue weighted by Gasteiger charge is -2.07. The van der Waals surface area contributed by atoms with Crippen molar-refractivity contribution in [1.29, 1.82) is 0 Å². The Balaban J connectivity index is 2.63. The van der Waals surface area contributed by atoms with E-state index in [2.05, 4.69) is 17.0 Å². The maximum atomic E-state index is 11.9. The first-order chi connectivity index (χ1) is 9.51. The summed E-state index contributed by atoms with van der Waals surface area (Å²) in [4.78, 5) is 12.0. The van der Waals surface area contributed by atoms with Crippen molar-refractivity contribution < 1.29 is 13.2 Å². The van der Waals surface area contributed by atoms with Gasteiger partial charge in [-0.3, -0.25) is 4.79 Å². The van der Waals surface area contributed by atoms with Gasteiger partial charge in [0.25, 0.3) is 5.91 Å². The smallest absolute Gasteiger partial charge is 0.251 e. The van der Waals surface area contributed by atoms with Crippen LogP contribution in [0.5, 0.6) is 0 Å². The fourth-order valence-corrected chi connectivity index (χ4v) is 2.55. The van der Waals surface area contributed by atoms with E-state index in [1.807, 2.05) is 0 Å². The number of sulfonamides is 1. The number of unbranched alkanes of at least 4 members (excludes halogenated alkanes) is 3. The predicted molar refractivity (Wildman–Crippen MR) is 79.2 cm³/mol. The van der Waals surface area contributed by atoms with E-state index >= 15 is 0 Å². The third kappa shape index (κ3) is 4.94. The van der Waals surface area contributed by atoms with E-state index in [4.69, 9.17) is 0 Å². The molecule has 20 heavy (non-hydrogen) atoms. The van der Waals surface area contributed by atoms with Gasteiger partial charge in [-0.15, -0.1) is 0 Å². The van der Waals surface area contributed by atoms with E-state index in [9.17, 15) is 13.2 Å². The maximum absolute atomic E-state index is 11.9. The summed E-state index contributed by atoms with van der Waals surface area (Å²) in [5.74, 6) is -0.241. The fraction of sp³-hybridized carbons (Fsp3) is 0.500. The highest BCUT2D eigenvalue weighted by molar-refractivity contribution is 7.89. The highest BCUT2D eigenvalue weighted by Crippen LogP contribution is 2.11. The number of benzene rings is 1. The van der Waals surface area contributed by atoms with Gasteiger partial charge in [-0.1, -0.05) is 32.3 Å². The molecule has 0 aromatic heterocycles. The average Bonchev–Trinajstić information content (AvgIpc) is 2.47. The van der Waals surface area contributed by atoms with Crippen molar-refractivity contribution in [2.45, 2.75) is 37.5 Å². The molecule has 0 atom stereocenters. The predicted octanol–water partition coefficient (Wildman–Crippen LogP) is 1.90. The summed E-state index contributed by atoms with van der Waals surface area (Å²) in [6.07, 6.45) is 4.34. The van der Waals surface area contributed by atoms with E-state index < -0.39 is 10.0 Å². The zero-order valence-corrected chi connectivity index (χ0v) is 12.8. The lowest BCUT2D eigenvalue weighted by Crippen LogP contribution is -2.25. The van der Waals surface area contributed by atoms with E-state index in [0.29, 0.717) is 12.1 Å². The van der Waals surface area contributed by atoms with Gasteiger partial charge < -0.3 is 5.32 Å². The first kappa shape index (κ1) is 16.7. The van der Waals surface area contributed by atoms with Gasteiger partial charge in [-0.2, -0.15) is 0 Å². The summed E-state index contributed by atoms with van der Waals surface area (Å²) in [5.41, 5.74) is 0.358. The molecule has 0 saturated carbocycles. The van der Waals surface area contributed by atoms with Crippen LogP contribution in [0.2, 0.25) is 0 Å². The summed E-state index contributed by atoms with van der Waals surface area (Å²) in [6.45, 7) is 2.74. The summed E-state index contributed by atoms with van der Waals surface area (Å²) in [6, 6.07) is 6.02. The van der Waals surface area contributed by atoms with Crippen LogP contribution < -0.4 is 10.0 Å². The van der Waals surface area contributed by atoms with Crippen LogP contribution in [0.3, 0.4) is 0 Å². The maximum Gasteiger partial charge on any atom is 0.251 e. The SMILES string of the molecule is CCCCCCNC(=O)c1cccc(S(=O)(=O)NC)c1. The molecule has 112 valence electrons. The minimum absolute atomic E-state index is 0.0960. The minimum Gasteiger partial charge on any atom is -0.352 e. The van der Waals surface area contributed by atoms with Crippen molar-refractivity contribution in [3.05, 3.63) is 29.8 Å². The molecule has 5 nitrogen and oxygen atoms in total.